The van der Waals surface area contributed by atoms with Crippen molar-refractivity contribution in [3.05, 3.63) is 107 Å². The van der Waals surface area contributed by atoms with Gasteiger partial charge in [0.15, 0.2) is 0 Å². The third-order valence-corrected chi connectivity index (χ3v) is 5.85. The van der Waals surface area contributed by atoms with Crippen LogP contribution in [0.3, 0.4) is 0 Å². The molecular formula is C26H28N2O. The highest BCUT2D eigenvalue weighted by atomic mass is 16.2. The molecule has 1 heterocycles. The molecule has 1 unspecified atom stereocenters. The van der Waals surface area contributed by atoms with Crippen LogP contribution in [0, 0.1) is 13.8 Å². The lowest BCUT2D eigenvalue weighted by Gasteiger charge is -2.40. The maximum atomic E-state index is 13.0. The van der Waals surface area contributed by atoms with Gasteiger partial charge in [0, 0.05) is 31.7 Å². The first-order valence-corrected chi connectivity index (χ1v) is 10.3. The highest BCUT2D eigenvalue weighted by Crippen LogP contribution is 2.30. The molecule has 0 bridgehead atoms. The number of benzene rings is 3. The summed E-state index contributed by atoms with van der Waals surface area (Å²) in [6, 6.07) is 27.6. The molecule has 4 rings (SSSR count). The first-order chi connectivity index (χ1) is 14.1. The maximum Gasteiger partial charge on any atom is 0.254 e. The summed E-state index contributed by atoms with van der Waals surface area (Å²) in [4.78, 5) is 17.5. The van der Waals surface area contributed by atoms with E-state index < -0.39 is 0 Å². The monoisotopic (exact) mass is 384 g/mol. The highest BCUT2D eigenvalue weighted by molar-refractivity contribution is 5.95. The standard InChI is InChI=1S/C26H28N2O/c1-20-12-14-23(15-13-20)25(22-9-4-3-5-10-22)27-16-18-28(19-17-27)26(29)24-11-7-6-8-21(24)2/h3-15,25H,16-19H2,1-2H3. The van der Waals surface area contributed by atoms with Crippen LogP contribution in [0.4, 0.5) is 0 Å². The Morgan fingerprint density at radius 1 is 0.724 bits per heavy atom. The van der Waals surface area contributed by atoms with Crippen LogP contribution in [0.5, 0.6) is 0 Å². The summed E-state index contributed by atoms with van der Waals surface area (Å²) in [7, 11) is 0. The van der Waals surface area contributed by atoms with Crippen molar-refractivity contribution in [2.24, 2.45) is 0 Å². The molecule has 1 amide bonds. The van der Waals surface area contributed by atoms with Gasteiger partial charge in [0.25, 0.3) is 5.91 Å². The van der Waals surface area contributed by atoms with Crippen molar-refractivity contribution in [2.45, 2.75) is 19.9 Å². The van der Waals surface area contributed by atoms with Gasteiger partial charge in [-0.15, -0.1) is 0 Å². The Balaban J connectivity index is 1.53. The molecule has 0 aliphatic carbocycles. The van der Waals surface area contributed by atoms with Crippen molar-refractivity contribution in [1.29, 1.82) is 0 Å². The van der Waals surface area contributed by atoms with Crippen LogP contribution >= 0.6 is 0 Å². The fourth-order valence-corrected chi connectivity index (χ4v) is 4.16. The van der Waals surface area contributed by atoms with E-state index >= 15 is 0 Å². The molecule has 3 aromatic rings. The van der Waals surface area contributed by atoms with E-state index in [9.17, 15) is 4.79 Å². The van der Waals surface area contributed by atoms with E-state index in [1.807, 2.05) is 36.1 Å². The molecule has 148 valence electrons. The zero-order chi connectivity index (χ0) is 20.2. The summed E-state index contributed by atoms with van der Waals surface area (Å²) in [5.74, 6) is 0.148. The number of aryl methyl sites for hydroxylation is 2. The molecule has 3 aromatic carbocycles. The molecule has 1 atom stereocenters. The lowest BCUT2D eigenvalue weighted by atomic mass is 9.95. The van der Waals surface area contributed by atoms with Gasteiger partial charge < -0.3 is 4.90 Å². The summed E-state index contributed by atoms with van der Waals surface area (Å²) in [6.45, 7) is 7.37. The molecule has 0 N–H and O–H groups in total. The van der Waals surface area contributed by atoms with E-state index in [0.717, 1.165) is 37.3 Å². The van der Waals surface area contributed by atoms with E-state index in [-0.39, 0.29) is 11.9 Å². The van der Waals surface area contributed by atoms with E-state index in [1.165, 1.54) is 16.7 Å². The van der Waals surface area contributed by atoms with Crippen LogP contribution in [0.2, 0.25) is 0 Å². The van der Waals surface area contributed by atoms with Crippen LogP contribution in [0.1, 0.15) is 38.7 Å². The molecule has 0 aromatic heterocycles. The minimum atomic E-state index is 0.148. The normalized spacial score (nSPS) is 15.9. The Hall–Kier alpha value is -2.91. The minimum absolute atomic E-state index is 0.148. The van der Waals surface area contributed by atoms with Gasteiger partial charge in [0.1, 0.15) is 0 Å². The predicted octanol–water partition coefficient (Wildman–Crippen LogP) is 4.85. The largest absolute Gasteiger partial charge is 0.336 e. The molecule has 29 heavy (non-hydrogen) atoms. The van der Waals surface area contributed by atoms with Crippen LogP contribution in [0.25, 0.3) is 0 Å². The second-order valence-electron chi connectivity index (χ2n) is 7.87. The van der Waals surface area contributed by atoms with Gasteiger partial charge in [-0.05, 0) is 36.6 Å². The number of rotatable bonds is 4. The Morgan fingerprint density at radius 3 is 1.97 bits per heavy atom. The number of piperazine rings is 1. The zero-order valence-corrected chi connectivity index (χ0v) is 17.2. The van der Waals surface area contributed by atoms with Crippen molar-refractivity contribution in [3.8, 4) is 0 Å². The Morgan fingerprint density at radius 2 is 1.31 bits per heavy atom. The summed E-state index contributed by atoms with van der Waals surface area (Å²) >= 11 is 0. The SMILES string of the molecule is Cc1ccc(C(c2ccccc2)N2CCN(C(=O)c3ccccc3C)CC2)cc1. The van der Waals surface area contributed by atoms with E-state index in [4.69, 9.17) is 0 Å². The van der Waals surface area contributed by atoms with Gasteiger partial charge in [-0.2, -0.15) is 0 Å². The third-order valence-electron chi connectivity index (χ3n) is 5.85. The number of hydrogen-bond donors (Lipinski definition) is 0. The highest BCUT2D eigenvalue weighted by Gasteiger charge is 2.28. The van der Waals surface area contributed by atoms with E-state index in [2.05, 4.69) is 66.4 Å². The second kappa shape index (κ2) is 8.62. The number of hydrogen-bond acceptors (Lipinski definition) is 2. The number of carbonyl (C=O) groups is 1. The molecule has 0 saturated carbocycles. The quantitative estimate of drug-likeness (QED) is 0.642. The smallest absolute Gasteiger partial charge is 0.254 e. The van der Waals surface area contributed by atoms with Crippen molar-refractivity contribution < 1.29 is 4.79 Å². The Kier molecular flexibility index (Phi) is 5.77. The molecule has 1 fully saturated rings. The topological polar surface area (TPSA) is 23.6 Å². The number of amides is 1. The zero-order valence-electron chi connectivity index (χ0n) is 17.2. The van der Waals surface area contributed by atoms with Crippen LogP contribution < -0.4 is 0 Å². The van der Waals surface area contributed by atoms with Crippen molar-refractivity contribution in [1.82, 2.24) is 9.80 Å². The molecule has 1 saturated heterocycles. The molecule has 3 heteroatoms. The predicted molar refractivity (Wildman–Crippen MR) is 118 cm³/mol. The molecule has 0 spiro atoms. The van der Waals surface area contributed by atoms with Crippen LogP contribution in [-0.4, -0.2) is 41.9 Å². The third kappa shape index (κ3) is 4.25. The summed E-state index contributed by atoms with van der Waals surface area (Å²) < 4.78 is 0. The molecule has 3 nitrogen and oxygen atoms in total. The van der Waals surface area contributed by atoms with Crippen LogP contribution in [-0.2, 0) is 0 Å². The molecule has 1 aliphatic rings. The summed E-state index contributed by atoms with van der Waals surface area (Å²) in [5.41, 5.74) is 5.74. The van der Waals surface area contributed by atoms with Gasteiger partial charge in [-0.1, -0.05) is 78.4 Å². The minimum Gasteiger partial charge on any atom is -0.336 e. The average Bonchev–Trinajstić information content (AvgIpc) is 2.76. The van der Waals surface area contributed by atoms with Gasteiger partial charge >= 0.3 is 0 Å². The maximum absolute atomic E-state index is 13.0. The van der Waals surface area contributed by atoms with Gasteiger partial charge in [0.05, 0.1) is 6.04 Å². The van der Waals surface area contributed by atoms with Crippen molar-refractivity contribution in [3.63, 3.8) is 0 Å². The summed E-state index contributed by atoms with van der Waals surface area (Å²) in [5, 5.41) is 0. The van der Waals surface area contributed by atoms with E-state index in [0.29, 0.717) is 0 Å². The second-order valence-corrected chi connectivity index (χ2v) is 7.87. The summed E-state index contributed by atoms with van der Waals surface area (Å²) in [6.07, 6.45) is 0. The lowest BCUT2D eigenvalue weighted by Crippen LogP contribution is -2.50. The fourth-order valence-electron chi connectivity index (χ4n) is 4.16. The Labute approximate surface area is 173 Å². The molecule has 0 radical (unpaired) electrons. The molecular weight excluding hydrogens is 356 g/mol. The first kappa shape index (κ1) is 19.4. The van der Waals surface area contributed by atoms with Crippen molar-refractivity contribution >= 4 is 5.91 Å². The lowest BCUT2D eigenvalue weighted by molar-refractivity contribution is 0.0596. The van der Waals surface area contributed by atoms with Gasteiger partial charge in [0.2, 0.25) is 0 Å². The van der Waals surface area contributed by atoms with Crippen molar-refractivity contribution in [2.75, 3.05) is 26.2 Å². The van der Waals surface area contributed by atoms with Gasteiger partial charge in [-0.25, -0.2) is 0 Å². The number of nitrogens with zero attached hydrogens (tertiary/aromatic N) is 2. The number of carbonyl (C=O) groups excluding carboxylic acids is 1. The Bertz CT molecular complexity index is 958. The van der Waals surface area contributed by atoms with E-state index in [1.54, 1.807) is 0 Å². The average molecular weight is 385 g/mol. The first-order valence-electron chi connectivity index (χ1n) is 10.3. The molecule has 1 aliphatic heterocycles. The fraction of sp³-hybridized carbons (Fsp3) is 0.269. The van der Waals surface area contributed by atoms with Gasteiger partial charge in [-0.3, -0.25) is 9.69 Å². The van der Waals surface area contributed by atoms with Crippen LogP contribution in [0.15, 0.2) is 78.9 Å².